The number of rotatable bonds is 7. The number of sulfonamides is 1. The van der Waals surface area contributed by atoms with E-state index in [0.29, 0.717) is 33.0 Å². The maximum Gasteiger partial charge on any atom is 0.284 e. The Hall–Kier alpha value is -3.76. The average molecular weight is 497 g/mol. The molecule has 0 aliphatic carbocycles. The van der Waals surface area contributed by atoms with E-state index in [9.17, 15) is 13.2 Å². The molecule has 0 atom stereocenters. The zero-order valence-corrected chi connectivity index (χ0v) is 20.0. The smallest absolute Gasteiger partial charge is 0.284 e. The van der Waals surface area contributed by atoms with Crippen molar-refractivity contribution >= 4 is 45.2 Å². The number of benzene rings is 2. The molecule has 0 radical (unpaired) electrons. The van der Waals surface area contributed by atoms with Gasteiger partial charge in [0.2, 0.25) is 5.91 Å². The van der Waals surface area contributed by atoms with E-state index in [2.05, 4.69) is 19.8 Å². The highest BCUT2D eigenvalue weighted by molar-refractivity contribution is 7.90. The topological polar surface area (TPSA) is 109 Å². The van der Waals surface area contributed by atoms with Crippen LogP contribution in [0.5, 0.6) is 0 Å². The van der Waals surface area contributed by atoms with Crippen LogP contribution >= 0.6 is 11.6 Å². The Bertz CT molecular complexity index is 1500. The van der Waals surface area contributed by atoms with Gasteiger partial charge in [0.1, 0.15) is 6.34 Å². The summed E-state index contributed by atoms with van der Waals surface area (Å²) in [6.07, 6.45) is 6.11. The van der Waals surface area contributed by atoms with E-state index in [0.717, 1.165) is 0 Å². The lowest BCUT2D eigenvalue weighted by Crippen LogP contribution is -2.15. The molecule has 11 heteroatoms. The van der Waals surface area contributed by atoms with Crippen LogP contribution in [-0.2, 0) is 21.2 Å². The number of nitrogens with one attached hydrogen (secondary N) is 1. The molecule has 174 valence electrons. The molecule has 2 heterocycles. The maximum atomic E-state index is 13.2. The van der Waals surface area contributed by atoms with Crippen molar-refractivity contribution < 1.29 is 13.2 Å². The molecule has 0 aliphatic heterocycles. The Labute approximate surface area is 201 Å². The zero-order chi connectivity index (χ0) is 24.3. The number of carbonyl (C=O) groups excluding carboxylic acids is 1. The SMILES string of the molecule is CN(C)C=NS(=O)(=O)c1cc(NC(=O)Cc2ccccc2Cl)ccc1-c1cnn2cccnc12. The van der Waals surface area contributed by atoms with Crippen LogP contribution < -0.4 is 5.32 Å². The predicted molar refractivity (Wildman–Crippen MR) is 132 cm³/mol. The van der Waals surface area contributed by atoms with Crippen LogP contribution in [0.2, 0.25) is 5.02 Å². The second-order valence-electron chi connectivity index (χ2n) is 7.63. The van der Waals surface area contributed by atoms with E-state index >= 15 is 0 Å². The Balaban J connectivity index is 1.75. The van der Waals surface area contributed by atoms with Gasteiger partial charge < -0.3 is 10.2 Å². The lowest BCUT2D eigenvalue weighted by atomic mass is 10.1. The molecule has 0 unspecified atom stereocenters. The first-order valence-electron chi connectivity index (χ1n) is 10.2. The summed E-state index contributed by atoms with van der Waals surface area (Å²) in [5.74, 6) is -0.335. The number of aromatic nitrogens is 3. The van der Waals surface area contributed by atoms with E-state index in [-0.39, 0.29) is 17.2 Å². The molecule has 0 fully saturated rings. The van der Waals surface area contributed by atoms with Crippen LogP contribution in [0.15, 0.2) is 76.4 Å². The van der Waals surface area contributed by atoms with Crippen LogP contribution in [0.1, 0.15) is 5.56 Å². The fraction of sp³-hybridized carbons (Fsp3) is 0.130. The van der Waals surface area contributed by atoms with Crippen molar-refractivity contribution in [1.82, 2.24) is 19.5 Å². The number of halogens is 1. The van der Waals surface area contributed by atoms with Gasteiger partial charge in [0.15, 0.2) is 5.65 Å². The summed E-state index contributed by atoms with van der Waals surface area (Å²) in [5, 5.41) is 7.47. The van der Waals surface area contributed by atoms with Gasteiger partial charge in [-0.2, -0.15) is 13.5 Å². The number of hydrogen-bond acceptors (Lipinski definition) is 5. The maximum absolute atomic E-state index is 13.2. The number of fused-ring (bicyclic) bond motifs is 1. The van der Waals surface area contributed by atoms with Crippen molar-refractivity contribution in [2.24, 2.45) is 4.40 Å². The van der Waals surface area contributed by atoms with Crippen LogP contribution in [-0.4, -0.2) is 54.3 Å². The first kappa shape index (κ1) is 23.4. The van der Waals surface area contributed by atoms with Gasteiger partial charge in [-0.15, -0.1) is 4.40 Å². The molecule has 4 rings (SSSR count). The van der Waals surface area contributed by atoms with Crippen LogP contribution in [0, 0.1) is 0 Å². The third-order valence-corrected chi connectivity index (χ3v) is 6.47. The second-order valence-corrected chi connectivity index (χ2v) is 9.64. The molecule has 0 bridgehead atoms. The fourth-order valence-electron chi connectivity index (χ4n) is 3.29. The Morgan fingerprint density at radius 3 is 2.74 bits per heavy atom. The molecule has 0 saturated heterocycles. The Morgan fingerprint density at radius 2 is 1.97 bits per heavy atom. The minimum Gasteiger partial charge on any atom is -0.368 e. The third-order valence-electron chi connectivity index (χ3n) is 4.84. The number of nitrogens with zero attached hydrogens (tertiary/aromatic N) is 5. The first-order chi connectivity index (χ1) is 16.2. The molecule has 1 amide bonds. The summed E-state index contributed by atoms with van der Waals surface area (Å²) in [6, 6.07) is 13.4. The minimum absolute atomic E-state index is 0.0419. The molecule has 34 heavy (non-hydrogen) atoms. The Morgan fingerprint density at radius 1 is 1.18 bits per heavy atom. The van der Waals surface area contributed by atoms with E-state index in [1.165, 1.54) is 17.3 Å². The van der Waals surface area contributed by atoms with E-state index in [4.69, 9.17) is 11.6 Å². The normalized spacial score (nSPS) is 11.7. The molecule has 2 aromatic heterocycles. The van der Waals surface area contributed by atoms with Crippen molar-refractivity contribution in [1.29, 1.82) is 0 Å². The fourth-order valence-corrected chi connectivity index (χ4v) is 4.65. The lowest BCUT2D eigenvalue weighted by Gasteiger charge is -2.12. The zero-order valence-electron chi connectivity index (χ0n) is 18.4. The molecule has 0 spiro atoms. The molecule has 4 aromatic rings. The highest BCUT2D eigenvalue weighted by Gasteiger charge is 2.22. The van der Waals surface area contributed by atoms with Crippen LogP contribution in [0.4, 0.5) is 5.69 Å². The van der Waals surface area contributed by atoms with E-state index in [1.807, 2.05) is 0 Å². The average Bonchev–Trinajstić information content (AvgIpc) is 3.23. The second kappa shape index (κ2) is 9.62. The highest BCUT2D eigenvalue weighted by Crippen LogP contribution is 2.33. The molecule has 9 nitrogen and oxygen atoms in total. The van der Waals surface area contributed by atoms with Crippen molar-refractivity contribution in [3.05, 3.63) is 77.7 Å². The van der Waals surface area contributed by atoms with Crippen molar-refractivity contribution in [3.8, 4) is 11.1 Å². The van der Waals surface area contributed by atoms with E-state index < -0.39 is 10.0 Å². The number of carbonyl (C=O) groups is 1. The van der Waals surface area contributed by atoms with Crippen molar-refractivity contribution in [3.63, 3.8) is 0 Å². The van der Waals surface area contributed by atoms with E-state index in [1.54, 1.807) is 79.7 Å². The van der Waals surface area contributed by atoms with Gasteiger partial charge in [-0.05, 0) is 29.8 Å². The van der Waals surface area contributed by atoms with Gasteiger partial charge in [-0.1, -0.05) is 35.9 Å². The molecular formula is C23H21ClN6O3S. The first-order valence-corrected chi connectivity index (χ1v) is 12.0. The van der Waals surface area contributed by atoms with Gasteiger partial charge in [0, 0.05) is 48.3 Å². The lowest BCUT2D eigenvalue weighted by molar-refractivity contribution is -0.115. The summed E-state index contributed by atoms with van der Waals surface area (Å²) in [7, 11) is -0.780. The minimum atomic E-state index is -4.11. The largest absolute Gasteiger partial charge is 0.368 e. The van der Waals surface area contributed by atoms with Gasteiger partial charge in [-0.25, -0.2) is 9.50 Å². The van der Waals surface area contributed by atoms with Crippen molar-refractivity contribution in [2.75, 3.05) is 19.4 Å². The number of hydrogen-bond donors (Lipinski definition) is 1. The summed E-state index contributed by atoms with van der Waals surface area (Å²) >= 11 is 6.15. The summed E-state index contributed by atoms with van der Waals surface area (Å²) < 4.78 is 31.6. The number of amides is 1. The van der Waals surface area contributed by atoms with Gasteiger partial charge in [0.05, 0.1) is 17.5 Å². The molecular weight excluding hydrogens is 476 g/mol. The molecule has 0 saturated carbocycles. The van der Waals surface area contributed by atoms with Crippen LogP contribution in [0.3, 0.4) is 0 Å². The Kier molecular flexibility index (Phi) is 6.62. The quantitative estimate of drug-likeness (QED) is 0.310. The molecule has 2 aromatic carbocycles. The molecule has 1 N–H and O–H groups in total. The summed E-state index contributed by atoms with van der Waals surface area (Å²) in [4.78, 5) is 18.4. The monoisotopic (exact) mass is 496 g/mol. The summed E-state index contributed by atoms with van der Waals surface area (Å²) in [6.45, 7) is 0. The third kappa shape index (κ3) is 5.08. The number of anilines is 1. The van der Waals surface area contributed by atoms with Gasteiger partial charge in [0.25, 0.3) is 10.0 Å². The standard InChI is InChI=1S/C23H21ClN6O3S/c1-29(2)15-27-34(32,33)21-13-17(28-22(31)12-16-6-3-4-7-20(16)24)8-9-18(21)19-14-26-30-11-5-10-25-23(19)30/h3-11,13-15H,12H2,1-2H3,(H,28,31). The molecule has 0 aliphatic rings. The van der Waals surface area contributed by atoms with Gasteiger partial charge in [-0.3, -0.25) is 4.79 Å². The highest BCUT2D eigenvalue weighted by atomic mass is 35.5. The van der Waals surface area contributed by atoms with Crippen molar-refractivity contribution in [2.45, 2.75) is 11.3 Å². The van der Waals surface area contributed by atoms with Crippen LogP contribution in [0.25, 0.3) is 16.8 Å². The van der Waals surface area contributed by atoms with Gasteiger partial charge >= 0.3 is 0 Å². The predicted octanol–water partition coefficient (Wildman–Crippen LogP) is 3.51. The summed E-state index contributed by atoms with van der Waals surface area (Å²) in [5.41, 5.74) is 2.36.